The molecule has 0 aromatic carbocycles. The molecule has 0 atom stereocenters. The summed E-state index contributed by atoms with van der Waals surface area (Å²) in [5.74, 6) is 0.407. The van der Waals surface area contributed by atoms with Crippen molar-refractivity contribution in [3.63, 3.8) is 0 Å². The molecular weight excluding hydrogens is 204 g/mol. The van der Waals surface area contributed by atoms with Crippen LogP contribution in [0.3, 0.4) is 0 Å². The van der Waals surface area contributed by atoms with Gasteiger partial charge in [0.1, 0.15) is 0 Å². The molecule has 2 aliphatic heterocycles. The van der Waals surface area contributed by atoms with Crippen LogP contribution in [0, 0.1) is 0 Å². The number of hydrogen-bond acceptors (Lipinski definition) is 4. The molecule has 2 heterocycles. The van der Waals surface area contributed by atoms with Crippen LogP contribution in [0.25, 0.3) is 0 Å². The smallest absolute Gasteiger partial charge is 0.244 e. The minimum Gasteiger partial charge on any atom is -0.323 e. The summed E-state index contributed by atoms with van der Waals surface area (Å²) < 4.78 is 22.0. The van der Waals surface area contributed by atoms with Crippen LogP contribution in [0.5, 0.6) is 0 Å². The average Bonchev–Trinajstić information content (AvgIpc) is 2.75. The van der Waals surface area contributed by atoms with Crippen molar-refractivity contribution in [2.45, 2.75) is 24.4 Å². The molecule has 1 spiro atoms. The lowest BCUT2D eigenvalue weighted by Gasteiger charge is -2.33. The van der Waals surface area contributed by atoms with E-state index in [1.807, 2.05) is 0 Å². The fourth-order valence-corrected chi connectivity index (χ4v) is 3.62. The van der Waals surface area contributed by atoms with E-state index in [9.17, 15) is 13.2 Å². The van der Waals surface area contributed by atoms with Gasteiger partial charge < -0.3 is 4.90 Å². The van der Waals surface area contributed by atoms with E-state index in [1.165, 1.54) is 0 Å². The van der Waals surface area contributed by atoms with Crippen molar-refractivity contribution in [1.82, 2.24) is 10.2 Å². The Hall–Kier alpha value is -0.620. The molecule has 0 bridgehead atoms. The van der Waals surface area contributed by atoms with Crippen molar-refractivity contribution >= 4 is 15.7 Å². The molecule has 2 saturated heterocycles. The van der Waals surface area contributed by atoms with Crippen molar-refractivity contribution in [3.05, 3.63) is 0 Å². The lowest BCUT2D eigenvalue weighted by atomic mass is 10.2. The molecule has 1 aliphatic carbocycles. The summed E-state index contributed by atoms with van der Waals surface area (Å²) in [4.78, 5) is 13.5. The summed E-state index contributed by atoms with van der Waals surface area (Å²) in [6.07, 6.45) is 1.81. The largest absolute Gasteiger partial charge is 0.323 e. The van der Waals surface area contributed by atoms with Crippen LogP contribution in [-0.2, 0) is 14.6 Å². The summed E-state index contributed by atoms with van der Waals surface area (Å²) >= 11 is 0. The zero-order valence-electron chi connectivity index (χ0n) is 7.69. The highest BCUT2D eigenvalue weighted by atomic mass is 32.2. The first-order valence-corrected chi connectivity index (χ1v) is 6.61. The molecule has 1 amide bonds. The van der Waals surface area contributed by atoms with E-state index < -0.39 is 9.84 Å². The van der Waals surface area contributed by atoms with Crippen LogP contribution < -0.4 is 5.32 Å². The quantitative estimate of drug-likeness (QED) is 0.592. The van der Waals surface area contributed by atoms with E-state index in [0.29, 0.717) is 6.67 Å². The van der Waals surface area contributed by atoms with Gasteiger partial charge >= 0.3 is 0 Å². The van der Waals surface area contributed by atoms with Gasteiger partial charge in [-0.1, -0.05) is 0 Å². The van der Waals surface area contributed by atoms with E-state index in [-0.39, 0.29) is 29.0 Å². The van der Waals surface area contributed by atoms with Gasteiger partial charge in [-0.25, -0.2) is 8.42 Å². The Morgan fingerprint density at radius 3 is 2.43 bits per heavy atom. The van der Waals surface area contributed by atoms with Crippen LogP contribution in [0.1, 0.15) is 12.8 Å². The van der Waals surface area contributed by atoms with E-state index in [2.05, 4.69) is 5.32 Å². The maximum absolute atomic E-state index is 11.8. The minimum absolute atomic E-state index is 0.0695. The number of rotatable bonds is 1. The molecule has 0 unspecified atom stereocenters. The summed E-state index contributed by atoms with van der Waals surface area (Å²) in [5.41, 5.74) is -0.292. The second-order valence-electron chi connectivity index (χ2n) is 4.42. The van der Waals surface area contributed by atoms with Crippen molar-refractivity contribution < 1.29 is 13.2 Å². The molecule has 3 aliphatic rings. The third kappa shape index (κ3) is 1.04. The van der Waals surface area contributed by atoms with Crippen LogP contribution in [0.2, 0.25) is 0 Å². The number of amides is 1. The van der Waals surface area contributed by atoms with Gasteiger partial charge in [0.2, 0.25) is 5.91 Å². The molecule has 1 N–H and O–H groups in total. The van der Waals surface area contributed by atoms with Gasteiger partial charge in [0.15, 0.2) is 9.84 Å². The molecule has 14 heavy (non-hydrogen) atoms. The summed E-state index contributed by atoms with van der Waals surface area (Å²) in [6.45, 7) is 0.527. The second kappa shape index (κ2) is 2.30. The summed E-state index contributed by atoms with van der Waals surface area (Å²) in [6, 6.07) is -0.0695. The first-order chi connectivity index (χ1) is 6.53. The Morgan fingerprint density at radius 2 is 2.00 bits per heavy atom. The van der Waals surface area contributed by atoms with Gasteiger partial charge in [0.05, 0.1) is 29.8 Å². The monoisotopic (exact) mass is 216 g/mol. The van der Waals surface area contributed by atoms with Gasteiger partial charge in [-0.05, 0) is 12.8 Å². The zero-order chi connectivity index (χ0) is 9.97. The number of nitrogens with zero attached hydrogens (tertiary/aromatic N) is 1. The molecule has 0 aromatic heterocycles. The van der Waals surface area contributed by atoms with Gasteiger partial charge in [-0.3, -0.25) is 10.1 Å². The van der Waals surface area contributed by atoms with E-state index in [1.54, 1.807) is 4.90 Å². The zero-order valence-corrected chi connectivity index (χ0v) is 8.51. The summed E-state index contributed by atoms with van der Waals surface area (Å²) in [7, 11) is -2.83. The van der Waals surface area contributed by atoms with Crippen LogP contribution >= 0.6 is 0 Å². The Labute approximate surface area is 82.4 Å². The maximum atomic E-state index is 11.8. The van der Waals surface area contributed by atoms with E-state index in [0.717, 1.165) is 12.8 Å². The molecule has 5 nitrogen and oxygen atoms in total. The first kappa shape index (κ1) is 8.67. The molecule has 0 aromatic rings. The maximum Gasteiger partial charge on any atom is 0.244 e. The third-order valence-electron chi connectivity index (χ3n) is 3.34. The molecule has 78 valence electrons. The number of carbonyl (C=O) groups is 1. The molecule has 3 fully saturated rings. The molecule has 6 heteroatoms. The standard InChI is InChI=1S/C8H12N2O3S/c11-7-8(1-2-8)9-5-10(7)6-3-14(12,13)4-6/h6,9H,1-5H2. The van der Waals surface area contributed by atoms with Crippen molar-refractivity contribution in [2.24, 2.45) is 0 Å². The second-order valence-corrected chi connectivity index (χ2v) is 6.58. The van der Waals surface area contributed by atoms with Crippen molar-refractivity contribution in [1.29, 1.82) is 0 Å². The fourth-order valence-electron chi connectivity index (χ4n) is 2.19. The normalized spacial score (nSPS) is 33.4. The lowest BCUT2D eigenvalue weighted by molar-refractivity contribution is -0.131. The average molecular weight is 216 g/mol. The predicted molar refractivity (Wildman–Crippen MR) is 49.3 cm³/mol. The molecule has 1 saturated carbocycles. The number of hydrogen-bond donors (Lipinski definition) is 1. The number of carbonyl (C=O) groups excluding carboxylic acids is 1. The minimum atomic E-state index is -2.83. The van der Waals surface area contributed by atoms with Gasteiger partial charge in [-0.2, -0.15) is 0 Å². The SMILES string of the molecule is O=C1N(C2CS(=O)(=O)C2)CNC12CC2. The molecule has 3 rings (SSSR count). The number of nitrogens with one attached hydrogen (secondary N) is 1. The van der Waals surface area contributed by atoms with E-state index >= 15 is 0 Å². The topological polar surface area (TPSA) is 66.5 Å². The van der Waals surface area contributed by atoms with Crippen LogP contribution in [0.15, 0.2) is 0 Å². The predicted octanol–water partition coefficient (Wildman–Crippen LogP) is -1.29. The van der Waals surface area contributed by atoms with Crippen molar-refractivity contribution in [2.75, 3.05) is 18.2 Å². The molecular formula is C8H12N2O3S. The highest BCUT2D eigenvalue weighted by molar-refractivity contribution is 7.92. The van der Waals surface area contributed by atoms with Gasteiger partial charge in [-0.15, -0.1) is 0 Å². The highest BCUT2D eigenvalue weighted by Crippen LogP contribution is 2.41. The van der Waals surface area contributed by atoms with E-state index in [4.69, 9.17) is 0 Å². The molecule has 0 radical (unpaired) electrons. The van der Waals surface area contributed by atoms with Crippen molar-refractivity contribution in [3.8, 4) is 0 Å². The van der Waals surface area contributed by atoms with Gasteiger partial charge in [0, 0.05) is 0 Å². The van der Waals surface area contributed by atoms with Crippen LogP contribution in [-0.4, -0.2) is 49.0 Å². The Kier molecular flexibility index (Phi) is 1.43. The first-order valence-electron chi connectivity index (χ1n) is 4.79. The lowest BCUT2D eigenvalue weighted by Crippen LogP contribution is -2.54. The highest BCUT2D eigenvalue weighted by Gasteiger charge is 2.58. The third-order valence-corrected chi connectivity index (χ3v) is 5.13. The summed E-state index contributed by atoms with van der Waals surface area (Å²) in [5, 5.41) is 3.16. The van der Waals surface area contributed by atoms with Gasteiger partial charge in [0.25, 0.3) is 0 Å². The fraction of sp³-hybridized carbons (Fsp3) is 0.875. The Balaban J connectivity index is 1.74. The van der Waals surface area contributed by atoms with Crippen LogP contribution in [0.4, 0.5) is 0 Å². The Morgan fingerprint density at radius 1 is 1.36 bits per heavy atom. The Bertz CT molecular complexity index is 387. The number of sulfone groups is 1.